The van der Waals surface area contributed by atoms with E-state index < -0.39 is 35.3 Å². The van der Waals surface area contributed by atoms with Crippen molar-refractivity contribution >= 4 is 17.2 Å². The van der Waals surface area contributed by atoms with Crippen LogP contribution in [-0.2, 0) is 34.7 Å². The van der Waals surface area contributed by atoms with Crippen LogP contribution < -0.4 is 4.74 Å². The molecule has 352 valence electrons. The van der Waals surface area contributed by atoms with Crippen molar-refractivity contribution in [1.29, 1.82) is 0 Å². The minimum atomic E-state index is -2.80. The number of benzene rings is 2. The molecule has 61 heavy (non-hydrogen) atoms. The summed E-state index contributed by atoms with van der Waals surface area (Å²) in [5.41, 5.74) is 6.47. The van der Waals surface area contributed by atoms with Gasteiger partial charge in [-0.05, 0) is 117 Å². The number of aryl methyl sites for hydroxylation is 6. The molecule has 10 heteroatoms. The summed E-state index contributed by atoms with van der Waals surface area (Å²) in [5.74, 6) is 3.44. The third-order valence-electron chi connectivity index (χ3n) is 12.1. The van der Waals surface area contributed by atoms with Crippen molar-refractivity contribution in [3.63, 3.8) is 0 Å². The standard InChI is InChI=1S/C51H90O8P2/c1-38(2)23-15-11-19-27-44-31-42(9)32-45(28-20-12-16-24-39(3)4)48(44)50(51(35-52,36-57-60(53)54)37-58-61(55)56)59-49-46(29-21-13-17-25-40(5)6)33-43(10)34-47(49)30-22-14-18-26-41(7)8/h31-34,38-41,50,52-56H,11-30,35-37H2,1-10H3. The van der Waals surface area contributed by atoms with Crippen molar-refractivity contribution in [2.75, 3.05) is 19.8 Å². The van der Waals surface area contributed by atoms with Gasteiger partial charge in [0.05, 0.1) is 25.2 Å². The summed E-state index contributed by atoms with van der Waals surface area (Å²) in [5, 5.41) is 11.7. The van der Waals surface area contributed by atoms with Gasteiger partial charge in [-0.2, -0.15) is 0 Å². The van der Waals surface area contributed by atoms with E-state index in [1.165, 1.54) is 49.7 Å². The van der Waals surface area contributed by atoms with Gasteiger partial charge in [-0.3, -0.25) is 0 Å². The van der Waals surface area contributed by atoms with Crippen molar-refractivity contribution in [1.82, 2.24) is 0 Å². The number of unbranched alkanes of at least 4 members (excludes halogenated alkanes) is 8. The Kier molecular flexibility index (Phi) is 28.3. The summed E-state index contributed by atoms with van der Waals surface area (Å²) in [7, 11) is -5.60. The molecule has 0 spiro atoms. The zero-order valence-electron chi connectivity index (χ0n) is 40.3. The molecule has 1 unspecified atom stereocenters. The number of rotatable bonds is 35. The van der Waals surface area contributed by atoms with Crippen molar-refractivity contribution in [2.24, 2.45) is 29.1 Å². The SMILES string of the molecule is Cc1cc(CCCCCC(C)C)c(OC(c2c(CCCCCC(C)C)cc(C)cc2CCCCCC(C)C)C(CO)(COP(O)O)COP(O)O)c(CCCCCC(C)C)c1. The molecule has 5 N–H and O–H groups in total. The Balaban J connectivity index is 2.95. The number of hydrogen-bond donors (Lipinski definition) is 5. The smallest absolute Gasteiger partial charge is 0.327 e. The van der Waals surface area contributed by atoms with Crippen LogP contribution in [0, 0.1) is 42.9 Å². The number of aliphatic hydroxyl groups is 1. The Morgan fingerprint density at radius 1 is 0.475 bits per heavy atom. The first-order chi connectivity index (χ1) is 29.0. The maximum atomic E-state index is 11.7. The van der Waals surface area contributed by atoms with Gasteiger partial charge in [0.25, 0.3) is 0 Å². The molecule has 0 amide bonds. The first-order valence-corrected chi connectivity index (χ1v) is 26.4. The van der Waals surface area contributed by atoms with Gasteiger partial charge >= 0.3 is 17.2 Å². The fraction of sp³-hybridized carbons (Fsp3) is 0.765. The van der Waals surface area contributed by atoms with Gasteiger partial charge in [0.15, 0.2) is 0 Å². The van der Waals surface area contributed by atoms with Crippen LogP contribution in [0.2, 0.25) is 0 Å². The summed E-state index contributed by atoms with van der Waals surface area (Å²) in [6.45, 7) is 21.3. The lowest BCUT2D eigenvalue weighted by molar-refractivity contribution is -0.0665. The second-order valence-electron chi connectivity index (χ2n) is 20.0. The molecule has 2 aromatic rings. The van der Waals surface area contributed by atoms with E-state index in [2.05, 4.69) is 93.5 Å². The lowest BCUT2D eigenvalue weighted by Gasteiger charge is -2.41. The molecule has 8 nitrogen and oxygen atoms in total. The van der Waals surface area contributed by atoms with Crippen molar-refractivity contribution in [3.8, 4) is 5.75 Å². The maximum Gasteiger partial charge on any atom is 0.327 e. The normalized spacial score (nSPS) is 13.0. The predicted molar refractivity (Wildman–Crippen MR) is 258 cm³/mol. The fourth-order valence-corrected chi connectivity index (χ4v) is 9.43. The molecule has 0 aromatic heterocycles. The topological polar surface area (TPSA) is 129 Å². The van der Waals surface area contributed by atoms with Gasteiger partial charge in [-0.1, -0.05) is 168 Å². The van der Waals surface area contributed by atoms with Gasteiger partial charge in [-0.25, -0.2) is 0 Å². The van der Waals surface area contributed by atoms with Crippen LogP contribution in [0.5, 0.6) is 5.75 Å². The van der Waals surface area contributed by atoms with E-state index in [4.69, 9.17) is 13.8 Å². The highest BCUT2D eigenvalue weighted by atomic mass is 31.2. The molecule has 0 aliphatic carbocycles. The van der Waals surface area contributed by atoms with Crippen molar-refractivity contribution in [3.05, 3.63) is 63.2 Å². The molecule has 0 aliphatic rings. The molecule has 2 rings (SSSR count). The minimum absolute atomic E-state index is 0.327. The molecule has 0 bridgehead atoms. The molecular weight excluding hydrogens is 803 g/mol. The van der Waals surface area contributed by atoms with E-state index in [0.717, 1.165) is 123 Å². The second-order valence-corrected chi connectivity index (χ2v) is 21.5. The highest BCUT2D eigenvalue weighted by molar-refractivity contribution is 7.39. The Morgan fingerprint density at radius 2 is 0.787 bits per heavy atom. The van der Waals surface area contributed by atoms with E-state index >= 15 is 0 Å². The largest absolute Gasteiger partial charge is 0.484 e. The van der Waals surface area contributed by atoms with Crippen LogP contribution in [0.1, 0.15) is 203 Å². The van der Waals surface area contributed by atoms with Gasteiger partial charge in [-0.15, -0.1) is 0 Å². The van der Waals surface area contributed by atoms with Gasteiger partial charge in [0, 0.05) is 0 Å². The zero-order valence-corrected chi connectivity index (χ0v) is 42.1. The number of aliphatic hydroxyl groups excluding tert-OH is 1. The third-order valence-corrected chi connectivity index (χ3v) is 12.8. The summed E-state index contributed by atoms with van der Waals surface area (Å²) < 4.78 is 18.9. The molecule has 0 heterocycles. The Bertz CT molecular complexity index is 1370. The first kappa shape index (κ1) is 56.0. The molecule has 1 atom stereocenters. The third kappa shape index (κ3) is 22.5. The Morgan fingerprint density at radius 3 is 1.08 bits per heavy atom. The van der Waals surface area contributed by atoms with Crippen LogP contribution >= 0.6 is 17.2 Å². The zero-order chi connectivity index (χ0) is 45.4. The Hall–Kier alpha value is -1.18. The van der Waals surface area contributed by atoms with E-state index in [1.54, 1.807) is 0 Å². The highest BCUT2D eigenvalue weighted by Gasteiger charge is 2.46. The van der Waals surface area contributed by atoms with Gasteiger partial charge in [0.1, 0.15) is 11.9 Å². The van der Waals surface area contributed by atoms with Crippen LogP contribution in [0.4, 0.5) is 0 Å². The monoisotopic (exact) mass is 893 g/mol. The summed E-state index contributed by atoms with van der Waals surface area (Å²) in [6.07, 6.45) is 20.3. The van der Waals surface area contributed by atoms with Crippen LogP contribution in [-0.4, -0.2) is 44.5 Å². The van der Waals surface area contributed by atoms with Gasteiger partial charge < -0.3 is 38.5 Å². The lowest BCUT2D eigenvalue weighted by atomic mass is 9.75. The first-order valence-electron chi connectivity index (χ1n) is 24.1. The van der Waals surface area contributed by atoms with Gasteiger partial charge in [0.2, 0.25) is 0 Å². The van der Waals surface area contributed by atoms with E-state index in [9.17, 15) is 24.7 Å². The maximum absolute atomic E-state index is 11.7. The van der Waals surface area contributed by atoms with Crippen LogP contribution in [0.3, 0.4) is 0 Å². The lowest BCUT2D eigenvalue weighted by Crippen LogP contribution is -2.44. The van der Waals surface area contributed by atoms with Crippen molar-refractivity contribution in [2.45, 2.75) is 204 Å². The van der Waals surface area contributed by atoms with Crippen LogP contribution in [0.25, 0.3) is 0 Å². The summed E-state index contributed by atoms with van der Waals surface area (Å²) in [6, 6.07) is 9.03. The minimum Gasteiger partial charge on any atom is -0.484 e. The average Bonchev–Trinajstić information content (AvgIpc) is 3.17. The molecule has 0 fully saturated rings. The Labute approximate surface area is 376 Å². The summed E-state index contributed by atoms with van der Waals surface area (Å²) in [4.78, 5) is 40.8. The quantitative estimate of drug-likeness (QED) is 0.0342. The highest BCUT2D eigenvalue weighted by Crippen LogP contribution is 2.48. The molecular formula is C51H90O8P2. The molecule has 2 aromatic carbocycles. The molecule has 0 saturated heterocycles. The molecule has 0 radical (unpaired) electrons. The van der Waals surface area contributed by atoms with Crippen molar-refractivity contribution < 1.29 is 38.5 Å². The molecule has 0 saturated carbocycles. The average molecular weight is 893 g/mol. The second kappa shape index (κ2) is 30.9. The number of hydrogen-bond acceptors (Lipinski definition) is 8. The van der Waals surface area contributed by atoms with E-state index in [0.29, 0.717) is 23.7 Å². The molecule has 0 aliphatic heterocycles. The van der Waals surface area contributed by atoms with E-state index in [1.807, 2.05) is 0 Å². The van der Waals surface area contributed by atoms with Crippen LogP contribution in [0.15, 0.2) is 24.3 Å². The van der Waals surface area contributed by atoms with E-state index in [-0.39, 0.29) is 13.2 Å². The number of ether oxygens (including phenoxy) is 1. The fourth-order valence-electron chi connectivity index (χ4n) is 8.68. The predicted octanol–water partition coefficient (Wildman–Crippen LogP) is 13.9. The summed E-state index contributed by atoms with van der Waals surface area (Å²) >= 11 is 0.